The molecule has 3 heterocycles. The average molecular weight is 406 g/mol. The number of amides is 1. The second-order valence-corrected chi connectivity index (χ2v) is 8.27. The van der Waals surface area contributed by atoms with Crippen LogP contribution in [0.2, 0.25) is 0 Å². The summed E-state index contributed by atoms with van der Waals surface area (Å²) < 4.78 is 1.82. The fourth-order valence-corrected chi connectivity index (χ4v) is 4.56. The highest BCUT2D eigenvalue weighted by atomic mass is 16.3. The molecule has 1 saturated heterocycles. The van der Waals surface area contributed by atoms with Crippen LogP contribution in [-0.4, -0.2) is 60.9 Å². The van der Waals surface area contributed by atoms with E-state index in [1.165, 1.54) is 0 Å². The van der Waals surface area contributed by atoms with Gasteiger partial charge in [-0.1, -0.05) is 18.2 Å². The van der Waals surface area contributed by atoms with E-state index in [-0.39, 0.29) is 24.0 Å². The zero-order chi connectivity index (χ0) is 20.5. The first kappa shape index (κ1) is 19.0. The van der Waals surface area contributed by atoms with Gasteiger partial charge in [0.25, 0.3) is 0 Å². The number of nitrogens with one attached hydrogen (secondary N) is 1. The van der Waals surface area contributed by atoms with E-state index in [1.807, 2.05) is 46.1 Å². The Morgan fingerprint density at radius 3 is 2.73 bits per heavy atom. The van der Waals surface area contributed by atoms with E-state index in [4.69, 9.17) is 0 Å². The van der Waals surface area contributed by atoms with E-state index in [9.17, 15) is 9.90 Å². The molecule has 0 bridgehead atoms. The molecule has 156 valence electrons. The highest BCUT2D eigenvalue weighted by Crippen LogP contribution is 2.29. The zero-order valence-electron chi connectivity index (χ0n) is 16.8. The third-order valence-electron chi connectivity index (χ3n) is 6.22. The van der Waals surface area contributed by atoms with Gasteiger partial charge in [0.05, 0.1) is 17.8 Å². The van der Waals surface area contributed by atoms with Crippen molar-refractivity contribution in [2.24, 2.45) is 5.92 Å². The second-order valence-electron chi connectivity index (χ2n) is 8.27. The lowest BCUT2D eigenvalue weighted by Crippen LogP contribution is -2.38. The molecule has 1 aliphatic carbocycles. The fraction of sp³-hybridized carbons (Fsp3) is 0.455. The Bertz CT molecular complexity index is 1040. The van der Waals surface area contributed by atoms with E-state index in [1.54, 1.807) is 6.20 Å². The predicted octanol–water partition coefficient (Wildman–Crippen LogP) is 2.38. The van der Waals surface area contributed by atoms with Gasteiger partial charge in [0, 0.05) is 42.7 Å². The normalized spacial score (nSPS) is 24.3. The predicted molar refractivity (Wildman–Crippen MR) is 113 cm³/mol. The number of rotatable bonds is 4. The lowest BCUT2D eigenvalue weighted by Gasteiger charge is -2.30. The van der Waals surface area contributed by atoms with Gasteiger partial charge in [0.1, 0.15) is 0 Å². The van der Waals surface area contributed by atoms with Crippen molar-refractivity contribution in [2.45, 2.75) is 44.2 Å². The summed E-state index contributed by atoms with van der Waals surface area (Å²) in [5.74, 6) is 1.58. The van der Waals surface area contributed by atoms with Crippen LogP contribution < -0.4 is 5.32 Å². The van der Waals surface area contributed by atoms with E-state index < -0.39 is 0 Å². The smallest absolute Gasteiger partial charge is 0.225 e. The van der Waals surface area contributed by atoms with E-state index >= 15 is 0 Å². The number of fused-ring (bicyclic) bond motifs is 1. The van der Waals surface area contributed by atoms with E-state index in [0.717, 1.165) is 42.4 Å². The maximum atomic E-state index is 12.7. The molecule has 2 N–H and O–H groups in total. The van der Waals surface area contributed by atoms with Gasteiger partial charge in [-0.25, -0.2) is 9.67 Å². The van der Waals surface area contributed by atoms with Crippen LogP contribution in [0.3, 0.4) is 0 Å². The van der Waals surface area contributed by atoms with Crippen LogP contribution >= 0.6 is 0 Å². The fourth-order valence-electron chi connectivity index (χ4n) is 4.56. The van der Waals surface area contributed by atoms with Crippen LogP contribution in [0.4, 0.5) is 5.95 Å². The second kappa shape index (κ2) is 8.02. The summed E-state index contributed by atoms with van der Waals surface area (Å²) in [4.78, 5) is 23.5. The van der Waals surface area contributed by atoms with Crippen LogP contribution in [0.25, 0.3) is 16.7 Å². The van der Waals surface area contributed by atoms with Crippen LogP contribution in [0, 0.1) is 5.92 Å². The minimum atomic E-state index is -0.358. The lowest BCUT2D eigenvalue weighted by molar-refractivity contribution is -0.135. The number of benzene rings is 1. The summed E-state index contributed by atoms with van der Waals surface area (Å²) in [6.45, 7) is 1.17. The molecule has 8 nitrogen and oxygen atoms in total. The van der Waals surface area contributed by atoms with Gasteiger partial charge in [0.15, 0.2) is 5.82 Å². The zero-order valence-corrected chi connectivity index (χ0v) is 16.8. The van der Waals surface area contributed by atoms with Crippen molar-refractivity contribution in [2.75, 3.05) is 18.4 Å². The van der Waals surface area contributed by atoms with Crippen LogP contribution in [0.5, 0.6) is 0 Å². The molecule has 0 spiro atoms. The molecule has 5 rings (SSSR count). The highest BCUT2D eigenvalue weighted by molar-refractivity contribution is 5.80. The highest BCUT2D eigenvalue weighted by Gasteiger charge is 2.32. The Morgan fingerprint density at radius 1 is 1.10 bits per heavy atom. The van der Waals surface area contributed by atoms with Gasteiger partial charge in [-0.15, -0.1) is 0 Å². The Balaban J connectivity index is 1.22. The molecule has 1 amide bonds. The van der Waals surface area contributed by atoms with Gasteiger partial charge < -0.3 is 15.3 Å². The van der Waals surface area contributed by atoms with Gasteiger partial charge in [-0.3, -0.25) is 4.79 Å². The van der Waals surface area contributed by atoms with Crippen molar-refractivity contribution >= 4 is 22.8 Å². The number of hydrogen-bond donors (Lipinski definition) is 2. The van der Waals surface area contributed by atoms with Crippen LogP contribution in [-0.2, 0) is 4.79 Å². The maximum absolute atomic E-state index is 12.7. The minimum absolute atomic E-state index is 0.0658. The molecule has 1 aromatic carbocycles. The minimum Gasteiger partial charge on any atom is -0.391 e. The summed E-state index contributed by atoms with van der Waals surface area (Å²) in [5.41, 5.74) is 1.01. The monoisotopic (exact) mass is 406 g/mol. The Labute approximate surface area is 174 Å². The molecular formula is C22H26N6O2. The summed E-state index contributed by atoms with van der Waals surface area (Å²) in [7, 11) is 0. The lowest BCUT2D eigenvalue weighted by atomic mass is 9.85. The summed E-state index contributed by atoms with van der Waals surface area (Å²) in [6, 6.07) is 10.1. The van der Waals surface area contributed by atoms with Crippen LogP contribution in [0.15, 0.2) is 42.7 Å². The van der Waals surface area contributed by atoms with Gasteiger partial charge in [0.2, 0.25) is 11.9 Å². The number of aliphatic hydroxyl groups is 1. The van der Waals surface area contributed by atoms with Crippen molar-refractivity contribution < 1.29 is 9.90 Å². The third-order valence-corrected chi connectivity index (χ3v) is 6.22. The molecule has 1 unspecified atom stereocenters. The van der Waals surface area contributed by atoms with Crippen molar-refractivity contribution in [3.05, 3.63) is 42.7 Å². The van der Waals surface area contributed by atoms with Crippen LogP contribution in [0.1, 0.15) is 32.1 Å². The maximum Gasteiger partial charge on any atom is 0.225 e. The third kappa shape index (κ3) is 3.75. The molecule has 30 heavy (non-hydrogen) atoms. The standard InChI is InChI=1S/C22H26N6O2/c29-18-10-12-27(14-18)21(30)15-5-7-17(8-6-15)25-22-23-11-9-20(26-22)28-19-4-2-1-3-16(19)13-24-28/h1-4,9,11,13,15,17-18,29H,5-8,10,12,14H2,(H,23,25,26). The quantitative estimate of drug-likeness (QED) is 0.691. The number of aromatic nitrogens is 4. The molecule has 0 radical (unpaired) electrons. The Hall–Kier alpha value is -3.00. The molecule has 2 fully saturated rings. The number of nitrogens with zero attached hydrogens (tertiary/aromatic N) is 5. The molecule has 3 aromatic rings. The van der Waals surface area contributed by atoms with Crippen molar-refractivity contribution in [1.82, 2.24) is 24.6 Å². The summed E-state index contributed by atoms with van der Waals surface area (Å²) in [6.07, 6.45) is 7.44. The van der Waals surface area contributed by atoms with Crippen molar-refractivity contribution in [3.8, 4) is 5.82 Å². The van der Waals surface area contributed by atoms with Gasteiger partial charge in [-0.05, 0) is 38.2 Å². The van der Waals surface area contributed by atoms with Gasteiger partial charge >= 0.3 is 0 Å². The molecule has 1 atom stereocenters. The number of anilines is 1. The Morgan fingerprint density at radius 2 is 1.93 bits per heavy atom. The SMILES string of the molecule is O=C(C1CCC(Nc2nccc(-n3ncc4ccccc43)n2)CC1)N1CCC(O)C1. The molecule has 2 aliphatic rings. The number of para-hydroxylation sites is 1. The molecule has 1 aliphatic heterocycles. The molecular weight excluding hydrogens is 380 g/mol. The number of likely N-dealkylation sites (tertiary alicyclic amines) is 1. The summed E-state index contributed by atoms with van der Waals surface area (Å²) >= 11 is 0. The topological polar surface area (TPSA) is 96.2 Å². The average Bonchev–Trinajstić information content (AvgIpc) is 3.40. The number of carbonyl (C=O) groups excluding carboxylic acids is 1. The molecule has 8 heteroatoms. The van der Waals surface area contributed by atoms with Crippen molar-refractivity contribution in [1.29, 1.82) is 0 Å². The number of hydrogen-bond acceptors (Lipinski definition) is 6. The first-order chi connectivity index (χ1) is 14.7. The Kier molecular flexibility index (Phi) is 5.08. The molecule has 2 aromatic heterocycles. The van der Waals surface area contributed by atoms with Gasteiger partial charge in [-0.2, -0.15) is 10.1 Å². The van der Waals surface area contributed by atoms with E-state index in [0.29, 0.717) is 25.5 Å². The number of carbonyl (C=O) groups is 1. The van der Waals surface area contributed by atoms with E-state index in [2.05, 4.69) is 20.4 Å². The largest absolute Gasteiger partial charge is 0.391 e. The van der Waals surface area contributed by atoms with Crippen molar-refractivity contribution in [3.63, 3.8) is 0 Å². The first-order valence-corrected chi connectivity index (χ1v) is 10.7. The number of β-amino-alcohol motifs (C(OH)–C–C–N with tert-alkyl or cyclic N) is 1. The first-order valence-electron chi connectivity index (χ1n) is 10.7. The molecule has 1 saturated carbocycles. The number of aliphatic hydroxyl groups excluding tert-OH is 1. The summed E-state index contributed by atoms with van der Waals surface area (Å²) in [5, 5.41) is 18.7.